The first-order chi connectivity index (χ1) is 32.8. The molecule has 0 aromatic heterocycles. The monoisotopic (exact) mass is 840 g/mol. The molecule has 0 aliphatic carbocycles. The largest absolute Gasteiger partial charge is 0.311 e. The van der Waals surface area contributed by atoms with Crippen LogP contribution < -0.4 is 9.80 Å². The third kappa shape index (κ3) is 6.93. The highest BCUT2D eigenvalue weighted by Gasteiger charge is 2.23. The maximum atomic E-state index is 2.47. The molecular weight excluding hydrogens is 797 g/mol. The fourth-order valence-electron chi connectivity index (χ4n) is 9.99. The van der Waals surface area contributed by atoms with E-state index in [0.29, 0.717) is 0 Å². The molecule has 12 aromatic carbocycles. The Morgan fingerprint density at radius 3 is 1.06 bits per heavy atom. The topological polar surface area (TPSA) is 6.48 Å². The molecule has 12 aromatic rings. The number of benzene rings is 12. The molecule has 0 atom stereocenters. The van der Waals surface area contributed by atoms with Gasteiger partial charge < -0.3 is 9.80 Å². The minimum atomic E-state index is 1.10. The van der Waals surface area contributed by atoms with Crippen molar-refractivity contribution in [2.75, 3.05) is 9.80 Å². The summed E-state index contributed by atoms with van der Waals surface area (Å²) in [6.45, 7) is 0. The van der Waals surface area contributed by atoms with Gasteiger partial charge in [0.05, 0.1) is 0 Å². The molecule has 310 valence electrons. The van der Waals surface area contributed by atoms with E-state index < -0.39 is 0 Å². The minimum Gasteiger partial charge on any atom is -0.311 e. The summed E-state index contributed by atoms with van der Waals surface area (Å²) < 4.78 is 0. The lowest BCUT2D eigenvalue weighted by atomic mass is 9.81. The summed E-state index contributed by atoms with van der Waals surface area (Å²) >= 11 is 0. The molecular formula is C64H44N2. The quantitative estimate of drug-likeness (QED) is 0.134. The van der Waals surface area contributed by atoms with Gasteiger partial charge in [0, 0.05) is 34.1 Å². The van der Waals surface area contributed by atoms with Gasteiger partial charge >= 0.3 is 0 Å². The number of hydrogen-bond donors (Lipinski definition) is 0. The molecule has 0 spiro atoms. The molecule has 66 heavy (non-hydrogen) atoms. The number of fused-ring (bicyclic) bond motifs is 7. The molecule has 0 aliphatic rings. The fourth-order valence-corrected chi connectivity index (χ4v) is 9.99. The molecule has 0 N–H and O–H groups in total. The van der Waals surface area contributed by atoms with Crippen molar-refractivity contribution in [3.05, 3.63) is 267 Å². The van der Waals surface area contributed by atoms with Gasteiger partial charge in [-0.1, -0.05) is 182 Å². The van der Waals surface area contributed by atoms with Crippen molar-refractivity contribution in [3.8, 4) is 33.4 Å². The van der Waals surface area contributed by atoms with Crippen molar-refractivity contribution in [2.45, 2.75) is 0 Å². The van der Waals surface area contributed by atoms with Gasteiger partial charge in [0.2, 0.25) is 0 Å². The predicted octanol–water partition coefficient (Wildman–Crippen LogP) is 18.2. The summed E-state index contributed by atoms with van der Waals surface area (Å²) in [5.74, 6) is 0. The highest BCUT2D eigenvalue weighted by atomic mass is 15.1. The summed E-state index contributed by atoms with van der Waals surface area (Å²) in [4.78, 5) is 4.66. The van der Waals surface area contributed by atoms with Crippen LogP contribution in [-0.2, 0) is 0 Å². The van der Waals surface area contributed by atoms with Gasteiger partial charge in [-0.2, -0.15) is 0 Å². The normalized spacial score (nSPS) is 11.3. The standard InChI is InChI=1S/C64H44N2/c1-5-21-50(22-6-1)65(51-23-7-2-8-24-51)54-39-35-46(36-40-54)60-44-61(49-34-33-45-19-13-14-20-48(45)43-49)62(64-59-32-18-16-30-57(59)56-29-15-17-31-58(56)63(60)64)47-37-41-55(42-38-47)66(52-25-9-3-10-26-52)53-27-11-4-12-28-53/h1-44H. The Kier molecular flexibility index (Phi) is 9.89. The van der Waals surface area contributed by atoms with Crippen molar-refractivity contribution in [3.63, 3.8) is 0 Å². The van der Waals surface area contributed by atoms with Gasteiger partial charge in [-0.15, -0.1) is 0 Å². The van der Waals surface area contributed by atoms with E-state index in [2.05, 4.69) is 277 Å². The summed E-state index contributed by atoms with van der Waals surface area (Å²) in [6, 6.07) is 97.0. The Bertz CT molecular complexity index is 3580. The maximum Gasteiger partial charge on any atom is 0.0462 e. The van der Waals surface area contributed by atoms with E-state index in [9.17, 15) is 0 Å². The molecule has 0 fully saturated rings. The molecule has 0 heterocycles. The van der Waals surface area contributed by atoms with Crippen molar-refractivity contribution in [1.82, 2.24) is 0 Å². The zero-order valence-electron chi connectivity index (χ0n) is 36.3. The molecule has 0 bridgehead atoms. The number of hydrogen-bond acceptors (Lipinski definition) is 2. The predicted molar refractivity (Wildman–Crippen MR) is 282 cm³/mol. The lowest BCUT2D eigenvalue weighted by Gasteiger charge is -2.26. The zero-order valence-corrected chi connectivity index (χ0v) is 36.3. The second kappa shape index (κ2) is 16.8. The summed E-state index contributed by atoms with van der Waals surface area (Å²) in [5, 5.41) is 9.91. The van der Waals surface area contributed by atoms with E-state index in [1.165, 1.54) is 65.3 Å². The van der Waals surface area contributed by atoms with Gasteiger partial charge in [-0.25, -0.2) is 0 Å². The maximum absolute atomic E-state index is 2.47. The molecule has 2 nitrogen and oxygen atoms in total. The Hall–Kier alpha value is -8.72. The lowest BCUT2D eigenvalue weighted by molar-refractivity contribution is 1.28. The van der Waals surface area contributed by atoms with Crippen LogP contribution in [0.2, 0.25) is 0 Å². The second-order valence-corrected chi connectivity index (χ2v) is 16.9. The molecule has 0 aliphatic heterocycles. The van der Waals surface area contributed by atoms with E-state index in [-0.39, 0.29) is 0 Å². The molecule has 0 unspecified atom stereocenters. The Morgan fingerprint density at radius 2 is 0.576 bits per heavy atom. The number of rotatable bonds is 9. The van der Waals surface area contributed by atoms with Crippen LogP contribution in [0.15, 0.2) is 267 Å². The van der Waals surface area contributed by atoms with E-state index in [1.807, 2.05) is 0 Å². The van der Waals surface area contributed by atoms with Gasteiger partial charge in [-0.3, -0.25) is 0 Å². The molecule has 12 rings (SSSR count). The average molecular weight is 841 g/mol. The first-order valence-electron chi connectivity index (χ1n) is 22.7. The molecule has 0 saturated heterocycles. The van der Waals surface area contributed by atoms with Crippen LogP contribution in [0.25, 0.3) is 76.5 Å². The Morgan fingerprint density at radius 1 is 0.212 bits per heavy atom. The van der Waals surface area contributed by atoms with Gasteiger partial charge in [0.15, 0.2) is 0 Å². The first kappa shape index (κ1) is 38.9. The van der Waals surface area contributed by atoms with E-state index in [0.717, 1.165) is 45.3 Å². The number of anilines is 6. The lowest BCUT2D eigenvalue weighted by Crippen LogP contribution is -2.09. The van der Waals surface area contributed by atoms with Crippen LogP contribution in [-0.4, -0.2) is 0 Å². The first-order valence-corrected chi connectivity index (χ1v) is 22.7. The fraction of sp³-hybridized carbons (Fsp3) is 0. The Balaban J connectivity index is 1.13. The van der Waals surface area contributed by atoms with Gasteiger partial charge in [0.1, 0.15) is 0 Å². The minimum absolute atomic E-state index is 1.10. The van der Waals surface area contributed by atoms with Crippen LogP contribution in [0.3, 0.4) is 0 Å². The van der Waals surface area contributed by atoms with Crippen LogP contribution >= 0.6 is 0 Å². The van der Waals surface area contributed by atoms with Gasteiger partial charge in [0.25, 0.3) is 0 Å². The number of para-hydroxylation sites is 4. The van der Waals surface area contributed by atoms with Crippen LogP contribution in [0.5, 0.6) is 0 Å². The van der Waals surface area contributed by atoms with Crippen LogP contribution in [0, 0.1) is 0 Å². The third-order valence-corrected chi connectivity index (χ3v) is 13.0. The van der Waals surface area contributed by atoms with Crippen LogP contribution in [0.4, 0.5) is 34.1 Å². The third-order valence-electron chi connectivity index (χ3n) is 13.0. The highest BCUT2D eigenvalue weighted by molar-refractivity contribution is 6.33. The molecule has 0 saturated carbocycles. The van der Waals surface area contributed by atoms with Crippen molar-refractivity contribution >= 4 is 77.2 Å². The van der Waals surface area contributed by atoms with Crippen LogP contribution in [0.1, 0.15) is 0 Å². The van der Waals surface area contributed by atoms with E-state index in [4.69, 9.17) is 0 Å². The van der Waals surface area contributed by atoms with E-state index in [1.54, 1.807) is 0 Å². The Labute approximate surface area is 385 Å². The highest BCUT2D eigenvalue weighted by Crippen LogP contribution is 2.50. The summed E-state index contributed by atoms with van der Waals surface area (Å²) in [7, 11) is 0. The zero-order chi connectivity index (χ0) is 43.8. The van der Waals surface area contributed by atoms with Crippen molar-refractivity contribution < 1.29 is 0 Å². The van der Waals surface area contributed by atoms with Crippen molar-refractivity contribution in [1.29, 1.82) is 0 Å². The molecule has 0 radical (unpaired) electrons. The summed E-state index contributed by atoms with van der Waals surface area (Å²) in [6.07, 6.45) is 0. The second-order valence-electron chi connectivity index (χ2n) is 16.9. The SMILES string of the molecule is c1ccc(N(c2ccccc2)c2ccc(-c3cc(-c4ccc5ccccc5c4)c(-c4ccc(N(c5ccccc5)c5ccccc5)cc4)c4c5ccccc5c5ccccc5c34)cc2)cc1. The average Bonchev–Trinajstić information content (AvgIpc) is 3.40. The van der Waals surface area contributed by atoms with Gasteiger partial charge in [-0.05, 0) is 161 Å². The van der Waals surface area contributed by atoms with Crippen molar-refractivity contribution in [2.24, 2.45) is 0 Å². The number of nitrogens with zero attached hydrogens (tertiary/aromatic N) is 2. The molecule has 2 heteroatoms. The van der Waals surface area contributed by atoms with E-state index >= 15 is 0 Å². The smallest absolute Gasteiger partial charge is 0.0462 e. The summed E-state index contributed by atoms with van der Waals surface area (Å²) in [5.41, 5.74) is 13.8. The molecule has 0 amide bonds.